The Bertz CT molecular complexity index is 299. The molecular weight excluding hydrogens is 208 g/mol. The largest absolute Gasteiger partial charge is 0.475 e. The molecular formula is C10H18N4O2. The van der Waals surface area contributed by atoms with Gasteiger partial charge in [0, 0.05) is 12.7 Å². The summed E-state index contributed by atoms with van der Waals surface area (Å²) >= 11 is 0. The van der Waals surface area contributed by atoms with Crippen molar-refractivity contribution in [1.29, 1.82) is 0 Å². The van der Waals surface area contributed by atoms with Crippen LogP contribution in [0.3, 0.4) is 0 Å². The summed E-state index contributed by atoms with van der Waals surface area (Å²) in [5, 5.41) is 0. The summed E-state index contributed by atoms with van der Waals surface area (Å²) in [6.07, 6.45) is 2.19. The predicted molar refractivity (Wildman–Crippen MR) is 62.1 cm³/mol. The first-order valence-electron chi connectivity index (χ1n) is 5.33. The van der Waals surface area contributed by atoms with Crippen molar-refractivity contribution in [2.75, 3.05) is 31.3 Å². The van der Waals surface area contributed by atoms with Gasteiger partial charge in [0.15, 0.2) is 0 Å². The van der Waals surface area contributed by atoms with E-state index < -0.39 is 0 Å². The maximum absolute atomic E-state index is 5.49. The summed E-state index contributed by atoms with van der Waals surface area (Å²) in [6.45, 7) is 3.84. The highest BCUT2D eigenvalue weighted by Gasteiger charge is 2.00. The number of aromatic nitrogens is 2. The number of hydrogen-bond donors (Lipinski definition) is 2. The first kappa shape index (κ1) is 12.5. The Morgan fingerprint density at radius 3 is 2.69 bits per heavy atom. The normalized spacial score (nSPS) is 10.3. The van der Waals surface area contributed by atoms with Crippen LogP contribution in [0, 0.1) is 0 Å². The molecule has 0 aliphatic carbocycles. The van der Waals surface area contributed by atoms with E-state index >= 15 is 0 Å². The Labute approximate surface area is 95.0 Å². The Hall–Kier alpha value is -1.56. The van der Waals surface area contributed by atoms with Gasteiger partial charge in [0.1, 0.15) is 12.4 Å². The van der Waals surface area contributed by atoms with Gasteiger partial charge in [-0.2, -0.15) is 9.97 Å². The second-order valence-corrected chi connectivity index (χ2v) is 3.30. The second-order valence-electron chi connectivity index (χ2n) is 3.30. The molecule has 1 aromatic heterocycles. The zero-order chi connectivity index (χ0) is 11.8. The van der Waals surface area contributed by atoms with Crippen LogP contribution in [0.1, 0.15) is 19.8 Å². The van der Waals surface area contributed by atoms with E-state index in [-0.39, 0.29) is 5.95 Å². The molecule has 0 spiro atoms. The highest BCUT2D eigenvalue weighted by Crippen LogP contribution is 2.11. The molecule has 0 aliphatic heterocycles. The molecule has 6 heteroatoms. The van der Waals surface area contributed by atoms with Crippen LogP contribution in [0.2, 0.25) is 0 Å². The number of nitrogens with zero attached hydrogens (tertiary/aromatic N) is 2. The lowest BCUT2D eigenvalue weighted by Gasteiger charge is -2.06. The van der Waals surface area contributed by atoms with Gasteiger partial charge in [0.05, 0.1) is 6.61 Å². The molecule has 0 atom stereocenters. The highest BCUT2D eigenvalue weighted by molar-refractivity contribution is 5.38. The number of unbranched alkanes of at least 4 members (excludes halogenated alkanes) is 1. The van der Waals surface area contributed by atoms with Crippen molar-refractivity contribution in [3.05, 3.63) is 6.07 Å². The summed E-state index contributed by atoms with van der Waals surface area (Å²) in [4.78, 5) is 7.61. The third-order valence-corrected chi connectivity index (χ3v) is 1.86. The van der Waals surface area contributed by atoms with E-state index in [2.05, 4.69) is 16.9 Å². The van der Waals surface area contributed by atoms with Crippen molar-refractivity contribution in [3.63, 3.8) is 0 Å². The highest BCUT2D eigenvalue weighted by atomic mass is 16.5. The molecule has 0 bridgehead atoms. The number of hydrogen-bond acceptors (Lipinski definition) is 6. The van der Waals surface area contributed by atoms with E-state index in [1.165, 1.54) is 6.07 Å². The molecule has 0 saturated carbocycles. The molecule has 0 saturated heterocycles. The van der Waals surface area contributed by atoms with Gasteiger partial charge < -0.3 is 20.9 Å². The Balaban J connectivity index is 2.21. The molecule has 1 heterocycles. The van der Waals surface area contributed by atoms with E-state index in [9.17, 15) is 0 Å². The first-order chi connectivity index (χ1) is 7.72. The van der Waals surface area contributed by atoms with E-state index in [1.54, 1.807) is 0 Å². The molecule has 0 amide bonds. The fraction of sp³-hybridized carbons (Fsp3) is 0.600. The average molecular weight is 226 g/mol. The molecule has 1 aromatic rings. The van der Waals surface area contributed by atoms with E-state index in [4.69, 9.17) is 20.9 Å². The fourth-order valence-corrected chi connectivity index (χ4v) is 1.09. The standard InChI is InChI=1S/C10H18N4O2/c1-2-3-4-15-5-6-16-9-7-8(11)13-10(12)14-9/h7H,2-6H2,1H3,(H4,11,12,13,14). The van der Waals surface area contributed by atoms with Crippen LogP contribution in [0.5, 0.6) is 5.88 Å². The summed E-state index contributed by atoms with van der Waals surface area (Å²) in [5.41, 5.74) is 10.9. The minimum atomic E-state index is 0.113. The van der Waals surface area contributed by atoms with Gasteiger partial charge >= 0.3 is 0 Å². The molecule has 0 unspecified atom stereocenters. The van der Waals surface area contributed by atoms with Crippen molar-refractivity contribution >= 4 is 11.8 Å². The predicted octanol–water partition coefficient (Wildman–Crippen LogP) is 0.837. The van der Waals surface area contributed by atoms with Crippen LogP contribution in [0.25, 0.3) is 0 Å². The van der Waals surface area contributed by atoms with E-state index in [0.717, 1.165) is 19.4 Å². The maximum Gasteiger partial charge on any atom is 0.225 e. The lowest BCUT2D eigenvalue weighted by atomic mass is 10.4. The number of nitrogen functional groups attached to an aromatic ring is 2. The van der Waals surface area contributed by atoms with Gasteiger partial charge in [0.25, 0.3) is 0 Å². The Morgan fingerprint density at radius 1 is 1.19 bits per heavy atom. The number of nitrogens with two attached hydrogens (primary N) is 2. The minimum Gasteiger partial charge on any atom is -0.475 e. The van der Waals surface area contributed by atoms with E-state index in [1.807, 2.05) is 0 Å². The molecule has 6 nitrogen and oxygen atoms in total. The van der Waals surface area contributed by atoms with Gasteiger partial charge in [-0.15, -0.1) is 0 Å². The fourth-order valence-electron chi connectivity index (χ4n) is 1.09. The third-order valence-electron chi connectivity index (χ3n) is 1.86. The van der Waals surface area contributed by atoms with Gasteiger partial charge in [-0.25, -0.2) is 0 Å². The molecule has 0 radical (unpaired) electrons. The molecule has 0 aliphatic rings. The molecule has 4 N–H and O–H groups in total. The van der Waals surface area contributed by atoms with Crippen molar-refractivity contribution in [1.82, 2.24) is 9.97 Å². The first-order valence-corrected chi connectivity index (χ1v) is 5.33. The van der Waals surface area contributed by atoms with Crippen LogP contribution in [-0.4, -0.2) is 29.8 Å². The summed E-state index contributed by atoms with van der Waals surface area (Å²) in [5.74, 6) is 0.792. The zero-order valence-corrected chi connectivity index (χ0v) is 9.48. The number of anilines is 2. The quantitative estimate of drug-likeness (QED) is 0.669. The molecule has 0 aromatic carbocycles. The van der Waals surface area contributed by atoms with Crippen molar-refractivity contribution in [2.24, 2.45) is 0 Å². The topological polar surface area (TPSA) is 96.3 Å². The molecule has 90 valence electrons. The third kappa shape index (κ3) is 4.79. The average Bonchev–Trinajstić information content (AvgIpc) is 2.22. The van der Waals surface area contributed by atoms with Crippen molar-refractivity contribution in [2.45, 2.75) is 19.8 Å². The lowest BCUT2D eigenvalue weighted by molar-refractivity contribution is 0.0965. The smallest absolute Gasteiger partial charge is 0.225 e. The summed E-state index contributed by atoms with van der Waals surface area (Å²) in [6, 6.07) is 1.53. The zero-order valence-electron chi connectivity index (χ0n) is 9.48. The van der Waals surface area contributed by atoms with Gasteiger partial charge in [-0.3, -0.25) is 0 Å². The van der Waals surface area contributed by atoms with Crippen LogP contribution in [0.15, 0.2) is 6.07 Å². The van der Waals surface area contributed by atoms with Gasteiger partial charge in [0.2, 0.25) is 11.8 Å². The van der Waals surface area contributed by atoms with Crippen LogP contribution >= 0.6 is 0 Å². The number of ether oxygens (including phenoxy) is 2. The molecule has 0 fully saturated rings. The maximum atomic E-state index is 5.49. The summed E-state index contributed by atoms with van der Waals surface area (Å²) in [7, 11) is 0. The van der Waals surface area contributed by atoms with Crippen LogP contribution < -0.4 is 16.2 Å². The van der Waals surface area contributed by atoms with Crippen molar-refractivity contribution in [3.8, 4) is 5.88 Å². The van der Waals surface area contributed by atoms with Gasteiger partial charge in [-0.05, 0) is 6.42 Å². The Kier molecular flexibility index (Phi) is 5.35. The minimum absolute atomic E-state index is 0.113. The SMILES string of the molecule is CCCCOCCOc1cc(N)nc(N)n1. The van der Waals surface area contributed by atoms with Crippen LogP contribution in [0.4, 0.5) is 11.8 Å². The lowest BCUT2D eigenvalue weighted by Crippen LogP contribution is -2.09. The Morgan fingerprint density at radius 2 is 2.00 bits per heavy atom. The van der Waals surface area contributed by atoms with Gasteiger partial charge in [-0.1, -0.05) is 13.3 Å². The van der Waals surface area contributed by atoms with Crippen molar-refractivity contribution < 1.29 is 9.47 Å². The molecule has 16 heavy (non-hydrogen) atoms. The van der Waals surface area contributed by atoms with Crippen LogP contribution in [-0.2, 0) is 4.74 Å². The monoisotopic (exact) mass is 226 g/mol. The van der Waals surface area contributed by atoms with E-state index in [0.29, 0.717) is 24.9 Å². The molecule has 1 rings (SSSR count). The second kappa shape index (κ2) is 6.84. The number of rotatable bonds is 7. The summed E-state index contributed by atoms with van der Waals surface area (Å²) < 4.78 is 10.6.